The van der Waals surface area contributed by atoms with Crippen LogP contribution in [0.5, 0.6) is 0 Å². The van der Waals surface area contributed by atoms with Crippen molar-refractivity contribution in [1.82, 2.24) is 15.1 Å². The SMILES string of the molecule is CC1N(c2cnn(C)c2)C(=O)COC12CCNCC2. The summed E-state index contributed by atoms with van der Waals surface area (Å²) in [6.07, 6.45) is 5.51. The first kappa shape index (κ1) is 12.6. The van der Waals surface area contributed by atoms with Gasteiger partial charge in [0.2, 0.25) is 0 Å². The van der Waals surface area contributed by atoms with Crippen molar-refractivity contribution in [2.24, 2.45) is 7.05 Å². The fraction of sp³-hybridized carbons (Fsp3) is 0.692. The fourth-order valence-electron chi connectivity index (χ4n) is 3.16. The smallest absolute Gasteiger partial charge is 0.253 e. The minimum Gasteiger partial charge on any atom is -0.363 e. The first-order valence-electron chi connectivity index (χ1n) is 6.78. The second-order valence-corrected chi connectivity index (χ2v) is 5.42. The van der Waals surface area contributed by atoms with Crippen molar-refractivity contribution < 1.29 is 9.53 Å². The molecule has 3 rings (SSSR count). The van der Waals surface area contributed by atoms with E-state index in [4.69, 9.17) is 4.74 Å². The molecule has 104 valence electrons. The zero-order chi connectivity index (χ0) is 13.5. The summed E-state index contributed by atoms with van der Waals surface area (Å²) in [6.45, 7) is 4.13. The number of carbonyl (C=O) groups is 1. The number of anilines is 1. The Morgan fingerprint density at radius 1 is 1.47 bits per heavy atom. The summed E-state index contributed by atoms with van der Waals surface area (Å²) in [4.78, 5) is 14.0. The minimum atomic E-state index is -0.213. The second kappa shape index (κ2) is 4.61. The summed E-state index contributed by atoms with van der Waals surface area (Å²) in [6, 6.07) is 0.0417. The third-order valence-electron chi connectivity index (χ3n) is 4.32. The third kappa shape index (κ3) is 2.04. The number of aromatic nitrogens is 2. The van der Waals surface area contributed by atoms with Crippen molar-refractivity contribution in [3.05, 3.63) is 12.4 Å². The first-order chi connectivity index (χ1) is 9.12. The summed E-state index contributed by atoms with van der Waals surface area (Å²) >= 11 is 0. The van der Waals surface area contributed by atoms with Gasteiger partial charge < -0.3 is 15.0 Å². The van der Waals surface area contributed by atoms with E-state index >= 15 is 0 Å². The average molecular weight is 264 g/mol. The molecule has 2 saturated heterocycles. The van der Waals surface area contributed by atoms with E-state index < -0.39 is 0 Å². The molecule has 0 bridgehead atoms. The lowest BCUT2D eigenvalue weighted by molar-refractivity contribution is -0.148. The number of amides is 1. The quantitative estimate of drug-likeness (QED) is 0.792. The van der Waals surface area contributed by atoms with E-state index in [1.54, 1.807) is 10.9 Å². The molecular weight excluding hydrogens is 244 g/mol. The average Bonchev–Trinajstić information content (AvgIpc) is 2.83. The molecule has 2 aliphatic rings. The molecule has 1 aromatic heterocycles. The number of hydrogen-bond acceptors (Lipinski definition) is 4. The molecule has 2 aliphatic heterocycles. The highest BCUT2D eigenvalue weighted by Gasteiger charge is 2.47. The van der Waals surface area contributed by atoms with Gasteiger partial charge >= 0.3 is 0 Å². The number of rotatable bonds is 1. The van der Waals surface area contributed by atoms with Gasteiger partial charge in [-0.05, 0) is 32.9 Å². The number of piperidine rings is 1. The number of aryl methyl sites for hydroxylation is 1. The van der Waals surface area contributed by atoms with E-state index in [1.165, 1.54) is 0 Å². The van der Waals surface area contributed by atoms with Crippen molar-refractivity contribution >= 4 is 11.6 Å². The summed E-state index contributed by atoms with van der Waals surface area (Å²) in [7, 11) is 1.86. The molecule has 2 fully saturated rings. The molecule has 1 atom stereocenters. The van der Waals surface area contributed by atoms with Crippen LogP contribution in [-0.2, 0) is 16.6 Å². The predicted octanol–water partition coefficient (Wildman–Crippen LogP) is 0.294. The molecule has 1 unspecified atom stereocenters. The summed E-state index contributed by atoms with van der Waals surface area (Å²) in [5, 5.41) is 7.51. The molecule has 1 aromatic rings. The lowest BCUT2D eigenvalue weighted by Crippen LogP contribution is -2.64. The molecule has 0 aromatic carbocycles. The zero-order valence-corrected chi connectivity index (χ0v) is 11.4. The maximum atomic E-state index is 12.2. The Morgan fingerprint density at radius 2 is 2.21 bits per heavy atom. The van der Waals surface area contributed by atoms with E-state index in [2.05, 4.69) is 17.3 Å². The maximum absolute atomic E-state index is 12.2. The van der Waals surface area contributed by atoms with Crippen LogP contribution in [0.2, 0.25) is 0 Å². The molecule has 0 saturated carbocycles. The number of ether oxygens (including phenoxy) is 1. The van der Waals surface area contributed by atoms with Crippen LogP contribution in [0.3, 0.4) is 0 Å². The Bertz CT molecular complexity index is 479. The highest BCUT2D eigenvalue weighted by atomic mass is 16.5. The number of morpholine rings is 1. The van der Waals surface area contributed by atoms with Gasteiger partial charge in [0.25, 0.3) is 5.91 Å². The molecule has 6 nitrogen and oxygen atoms in total. The van der Waals surface area contributed by atoms with Gasteiger partial charge in [-0.15, -0.1) is 0 Å². The summed E-state index contributed by atoms with van der Waals surface area (Å²) < 4.78 is 7.65. The molecular formula is C13H20N4O2. The van der Waals surface area contributed by atoms with Crippen LogP contribution < -0.4 is 10.2 Å². The third-order valence-corrected chi connectivity index (χ3v) is 4.32. The summed E-state index contributed by atoms with van der Waals surface area (Å²) in [5.74, 6) is 0.0182. The molecule has 1 spiro atoms. The van der Waals surface area contributed by atoms with Crippen molar-refractivity contribution in [3.8, 4) is 0 Å². The minimum absolute atomic E-state index is 0.0182. The van der Waals surface area contributed by atoms with E-state index in [-0.39, 0.29) is 24.2 Å². The monoisotopic (exact) mass is 264 g/mol. The van der Waals surface area contributed by atoms with Gasteiger partial charge in [-0.3, -0.25) is 9.48 Å². The molecule has 6 heteroatoms. The first-order valence-corrected chi connectivity index (χ1v) is 6.78. The highest BCUT2D eigenvalue weighted by molar-refractivity contribution is 5.95. The summed E-state index contributed by atoms with van der Waals surface area (Å²) in [5.41, 5.74) is 0.649. The van der Waals surface area contributed by atoms with Crippen LogP contribution in [0.1, 0.15) is 19.8 Å². The van der Waals surface area contributed by atoms with Gasteiger partial charge in [-0.2, -0.15) is 5.10 Å². The number of carbonyl (C=O) groups excluding carboxylic acids is 1. The van der Waals surface area contributed by atoms with Crippen LogP contribution in [0, 0.1) is 0 Å². The molecule has 19 heavy (non-hydrogen) atoms. The van der Waals surface area contributed by atoms with Crippen molar-refractivity contribution in [2.75, 3.05) is 24.6 Å². The van der Waals surface area contributed by atoms with Crippen LogP contribution in [-0.4, -0.2) is 47.0 Å². The molecule has 1 amide bonds. The van der Waals surface area contributed by atoms with Crippen molar-refractivity contribution in [2.45, 2.75) is 31.4 Å². The van der Waals surface area contributed by atoms with E-state index in [0.29, 0.717) is 0 Å². The number of nitrogens with one attached hydrogen (secondary N) is 1. The van der Waals surface area contributed by atoms with Crippen LogP contribution in [0.4, 0.5) is 5.69 Å². The van der Waals surface area contributed by atoms with Crippen molar-refractivity contribution in [3.63, 3.8) is 0 Å². The van der Waals surface area contributed by atoms with Crippen molar-refractivity contribution in [1.29, 1.82) is 0 Å². The van der Waals surface area contributed by atoms with Gasteiger partial charge in [0.05, 0.1) is 23.5 Å². The lowest BCUT2D eigenvalue weighted by atomic mass is 9.83. The van der Waals surface area contributed by atoms with E-state index in [0.717, 1.165) is 31.6 Å². The zero-order valence-electron chi connectivity index (χ0n) is 11.4. The van der Waals surface area contributed by atoms with Crippen LogP contribution in [0.15, 0.2) is 12.4 Å². The maximum Gasteiger partial charge on any atom is 0.253 e. The number of nitrogens with zero attached hydrogens (tertiary/aromatic N) is 3. The second-order valence-electron chi connectivity index (χ2n) is 5.42. The van der Waals surface area contributed by atoms with Gasteiger partial charge in [0.15, 0.2) is 0 Å². The van der Waals surface area contributed by atoms with Crippen LogP contribution in [0.25, 0.3) is 0 Å². The Labute approximate surface area is 112 Å². The highest BCUT2D eigenvalue weighted by Crippen LogP contribution is 2.36. The molecule has 3 heterocycles. The van der Waals surface area contributed by atoms with E-state index in [9.17, 15) is 4.79 Å². The van der Waals surface area contributed by atoms with Crippen LogP contribution >= 0.6 is 0 Å². The van der Waals surface area contributed by atoms with E-state index in [1.807, 2.05) is 18.1 Å². The lowest BCUT2D eigenvalue weighted by Gasteiger charge is -2.49. The number of hydrogen-bond donors (Lipinski definition) is 1. The molecule has 1 N–H and O–H groups in total. The Morgan fingerprint density at radius 3 is 2.84 bits per heavy atom. The Hall–Kier alpha value is -1.40. The normalized spacial score (nSPS) is 26.9. The van der Waals surface area contributed by atoms with Gasteiger partial charge in [0.1, 0.15) is 6.61 Å². The molecule has 0 aliphatic carbocycles. The fourth-order valence-corrected chi connectivity index (χ4v) is 3.16. The van der Waals surface area contributed by atoms with Gasteiger partial charge in [-0.25, -0.2) is 0 Å². The standard InChI is InChI=1S/C13H20N4O2/c1-10-13(3-5-14-6-4-13)19-9-12(18)17(10)11-7-15-16(2)8-11/h7-8,10,14H,3-6,9H2,1-2H3. The van der Waals surface area contributed by atoms with Gasteiger partial charge in [-0.1, -0.05) is 0 Å². The van der Waals surface area contributed by atoms with Gasteiger partial charge in [0, 0.05) is 13.2 Å². The Kier molecular flexibility index (Phi) is 3.06. The Balaban J connectivity index is 1.91. The molecule has 0 radical (unpaired) electrons. The largest absolute Gasteiger partial charge is 0.363 e. The predicted molar refractivity (Wildman–Crippen MR) is 70.9 cm³/mol. The topological polar surface area (TPSA) is 59.4 Å².